The van der Waals surface area contributed by atoms with Gasteiger partial charge in [-0.3, -0.25) is 14.2 Å². The molecule has 0 aliphatic heterocycles. The lowest BCUT2D eigenvalue weighted by atomic mass is 10.1. The van der Waals surface area contributed by atoms with Gasteiger partial charge in [0, 0.05) is 10.0 Å². The van der Waals surface area contributed by atoms with E-state index in [4.69, 9.17) is 0 Å². The molecule has 3 aromatic rings. The van der Waals surface area contributed by atoms with Crippen LogP contribution in [0.2, 0.25) is 0 Å². The van der Waals surface area contributed by atoms with Crippen LogP contribution in [0, 0.1) is 11.3 Å². The Bertz CT molecular complexity index is 856. The summed E-state index contributed by atoms with van der Waals surface area (Å²) in [5.74, 6) is 0.307. The molecule has 1 aromatic carbocycles. The summed E-state index contributed by atoms with van der Waals surface area (Å²) in [6.45, 7) is 0. The Morgan fingerprint density at radius 2 is 2.05 bits per heavy atom. The molecule has 1 N–H and O–H groups in total. The Kier molecular flexibility index (Phi) is 2.65. The zero-order valence-corrected chi connectivity index (χ0v) is 11.0. The van der Waals surface area contributed by atoms with Crippen LogP contribution in [0.15, 0.2) is 39.9 Å². The molecule has 0 unspecified atom stereocenters. The number of aromatic amines is 1. The third-order valence-corrected chi connectivity index (χ3v) is 3.24. The predicted octanol–water partition coefficient (Wildman–Crippen LogP) is 1.72. The number of hydrogen-bond acceptors (Lipinski definition) is 4. The maximum absolute atomic E-state index is 11.9. The zero-order valence-electron chi connectivity index (χ0n) is 9.46. The van der Waals surface area contributed by atoms with Gasteiger partial charge in [-0.1, -0.05) is 28.1 Å². The molecule has 0 aliphatic carbocycles. The molecule has 0 saturated carbocycles. The standard InChI is InChI=1S/C12H6BrN5O/c13-8-3-1-7(2-4-8)10-9(5-14)11(19)16-12-17-15-6-18(10)12/h1-4,6H,(H,16,17,19). The minimum atomic E-state index is -0.471. The smallest absolute Gasteiger partial charge is 0.270 e. The molecule has 0 fully saturated rings. The number of nitrogens with one attached hydrogen (secondary N) is 1. The highest BCUT2D eigenvalue weighted by Crippen LogP contribution is 2.23. The van der Waals surface area contributed by atoms with Gasteiger partial charge in [-0.05, 0) is 12.1 Å². The molecule has 3 rings (SSSR count). The van der Waals surface area contributed by atoms with Crippen molar-refractivity contribution in [2.24, 2.45) is 0 Å². The summed E-state index contributed by atoms with van der Waals surface area (Å²) in [5.41, 5.74) is 0.796. The lowest BCUT2D eigenvalue weighted by molar-refractivity contribution is 1.07. The SMILES string of the molecule is N#Cc1c(-c2ccc(Br)cc2)n2cnnc2[nH]c1=O. The lowest BCUT2D eigenvalue weighted by Gasteiger charge is -2.06. The van der Waals surface area contributed by atoms with Gasteiger partial charge < -0.3 is 0 Å². The quantitative estimate of drug-likeness (QED) is 0.740. The van der Waals surface area contributed by atoms with Crippen molar-refractivity contribution in [2.45, 2.75) is 0 Å². The van der Waals surface area contributed by atoms with Crippen molar-refractivity contribution < 1.29 is 0 Å². The van der Waals surface area contributed by atoms with Crippen LogP contribution in [0.3, 0.4) is 0 Å². The number of fused-ring (bicyclic) bond motifs is 1. The maximum atomic E-state index is 11.9. The van der Waals surface area contributed by atoms with Gasteiger partial charge in [0.05, 0.1) is 5.69 Å². The molecule has 2 heterocycles. The second-order valence-electron chi connectivity index (χ2n) is 3.82. The van der Waals surface area contributed by atoms with E-state index >= 15 is 0 Å². The molecule has 0 atom stereocenters. The third kappa shape index (κ3) is 1.82. The number of nitriles is 1. The number of halogens is 1. The lowest BCUT2D eigenvalue weighted by Crippen LogP contribution is -2.15. The molecule has 0 radical (unpaired) electrons. The van der Waals surface area contributed by atoms with Gasteiger partial charge in [0.15, 0.2) is 0 Å². The fraction of sp³-hybridized carbons (Fsp3) is 0. The van der Waals surface area contributed by atoms with Gasteiger partial charge in [0.25, 0.3) is 5.56 Å². The van der Waals surface area contributed by atoms with Gasteiger partial charge in [0.1, 0.15) is 18.0 Å². The van der Waals surface area contributed by atoms with Crippen molar-refractivity contribution in [3.63, 3.8) is 0 Å². The molecule has 0 aliphatic rings. The number of hydrogen-bond donors (Lipinski definition) is 1. The van der Waals surface area contributed by atoms with Crippen LogP contribution in [0.1, 0.15) is 5.56 Å². The van der Waals surface area contributed by atoms with Gasteiger partial charge in [0.2, 0.25) is 5.78 Å². The number of nitrogens with zero attached hydrogens (tertiary/aromatic N) is 4. The Morgan fingerprint density at radius 3 is 2.74 bits per heavy atom. The molecular weight excluding hydrogens is 310 g/mol. The van der Waals surface area contributed by atoms with Crippen LogP contribution >= 0.6 is 15.9 Å². The first-order chi connectivity index (χ1) is 9.20. The fourth-order valence-corrected chi connectivity index (χ4v) is 2.14. The average Bonchev–Trinajstić information content (AvgIpc) is 2.86. The highest BCUT2D eigenvalue weighted by atomic mass is 79.9. The van der Waals surface area contributed by atoms with Crippen LogP contribution in [-0.4, -0.2) is 19.6 Å². The fourth-order valence-electron chi connectivity index (χ4n) is 1.87. The molecule has 6 nitrogen and oxygen atoms in total. The van der Waals surface area contributed by atoms with E-state index in [2.05, 4.69) is 31.1 Å². The molecule has 2 aromatic heterocycles. The topological polar surface area (TPSA) is 86.8 Å². The Balaban J connectivity index is 2.44. The molecule has 0 spiro atoms. The molecule has 19 heavy (non-hydrogen) atoms. The second kappa shape index (κ2) is 4.33. The van der Waals surface area contributed by atoms with Crippen LogP contribution < -0.4 is 5.56 Å². The summed E-state index contributed by atoms with van der Waals surface area (Å²) in [6, 6.07) is 9.25. The first-order valence-corrected chi connectivity index (χ1v) is 6.12. The summed E-state index contributed by atoms with van der Waals surface area (Å²) in [6.07, 6.45) is 1.46. The van der Waals surface area contributed by atoms with Gasteiger partial charge in [-0.15, -0.1) is 10.2 Å². The Hall–Kier alpha value is -2.46. The monoisotopic (exact) mass is 315 g/mol. The normalized spacial score (nSPS) is 10.5. The first kappa shape index (κ1) is 11.6. The number of rotatable bonds is 1. The Labute approximate surface area is 115 Å². The summed E-state index contributed by atoms with van der Waals surface area (Å²) < 4.78 is 2.50. The molecule has 92 valence electrons. The molecule has 0 amide bonds. The summed E-state index contributed by atoms with van der Waals surface area (Å²) in [5, 5.41) is 16.7. The predicted molar refractivity (Wildman–Crippen MR) is 71.5 cm³/mol. The number of aromatic nitrogens is 4. The van der Waals surface area contributed by atoms with E-state index in [1.807, 2.05) is 30.3 Å². The van der Waals surface area contributed by atoms with E-state index in [0.717, 1.165) is 10.0 Å². The summed E-state index contributed by atoms with van der Waals surface area (Å²) >= 11 is 3.35. The van der Waals surface area contributed by atoms with Crippen molar-refractivity contribution >= 4 is 21.7 Å². The van der Waals surface area contributed by atoms with Crippen molar-refractivity contribution in [1.29, 1.82) is 5.26 Å². The summed E-state index contributed by atoms with van der Waals surface area (Å²) in [7, 11) is 0. The van der Waals surface area contributed by atoms with E-state index < -0.39 is 5.56 Å². The van der Waals surface area contributed by atoms with Crippen LogP contribution in [-0.2, 0) is 0 Å². The van der Waals surface area contributed by atoms with E-state index in [0.29, 0.717) is 11.5 Å². The van der Waals surface area contributed by atoms with Crippen molar-refractivity contribution in [1.82, 2.24) is 19.6 Å². The van der Waals surface area contributed by atoms with Crippen molar-refractivity contribution in [3.05, 3.63) is 51.0 Å². The summed E-state index contributed by atoms with van der Waals surface area (Å²) in [4.78, 5) is 14.4. The van der Waals surface area contributed by atoms with Crippen LogP contribution in [0.5, 0.6) is 0 Å². The maximum Gasteiger partial charge on any atom is 0.270 e. The Morgan fingerprint density at radius 1 is 1.32 bits per heavy atom. The minimum absolute atomic E-state index is 0.0367. The minimum Gasteiger partial charge on any atom is -0.289 e. The van der Waals surface area contributed by atoms with Gasteiger partial charge in [-0.2, -0.15) is 5.26 Å². The second-order valence-corrected chi connectivity index (χ2v) is 4.74. The number of benzene rings is 1. The molecule has 0 saturated heterocycles. The molecule has 7 heteroatoms. The zero-order chi connectivity index (χ0) is 13.4. The van der Waals surface area contributed by atoms with Crippen LogP contribution in [0.25, 0.3) is 17.0 Å². The molecular formula is C12H6BrN5O. The van der Waals surface area contributed by atoms with Crippen molar-refractivity contribution in [3.8, 4) is 17.3 Å². The number of H-pyrrole nitrogens is 1. The van der Waals surface area contributed by atoms with Crippen molar-refractivity contribution in [2.75, 3.05) is 0 Å². The third-order valence-electron chi connectivity index (χ3n) is 2.71. The average molecular weight is 316 g/mol. The van der Waals surface area contributed by atoms with E-state index in [1.165, 1.54) is 6.33 Å². The molecule has 0 bridgehead atoms. The van der Waals surface area contributed by atoms with E-state index in [-0.39, 0.29) is 5.56 Å². The van der Waals surface area contributed by atoms with Gasteiger partial charge in [-0.25, -0.2) is 0 Å². The van der Waals surface area contributed by atoms with E-state index in [1.54, 1.807) is 4.40 Å². The van der Waals surface area contributed by atoms with E-state index in [9.17, 15) is 10.1 Å². The highest BCUT2D eigenvalue weighted by molar-refractivity contribution is 9.10. The largest absolute Gasteiger partial charge is 0.289 e. The van der Waals surface area contributed by atoms with Gasteiger partial charge >= 0.3 is 0 Å². The highest BCUT2D eigenvalue weighted by Gasteiger charge is 2.15. The first-order valence-electron chi connectivity index (χ1n) is 5.33. The van der Waals surface area contributed by atoms with Crippen LogP contribution in [0.4, 0.5) is 0 Å².